The molecule has 0 aliphatic carbocycles. The Bertz CT molecular complexity index is 689. The van der Waals surface area contributed by atoms with Crippen LogP contribution >= 0.6 is 0 Å². The molecule has 0 saturated carbocycles. The molecule has 0 spiro atoms. The summed E-state index contributed by atoms with van der Waals surface area (Å²) in [6, 6.07) is 6.26. The van der Waals surface area contributed by atoms with Crippen molar-refractivity contribution in [3.8, 4) is 17.5 Å². The SMILES string of the molecule is CCCCCCCCCCc1cnc(-c2ccc(C#N)c(F)c2)nc1. The predicted molar refractivity (Wildman–Crippen MR) is 98.5 cm³/mol. The van der Waals surface area contributed by atoms with Gasteiger partial charge in [-0.1, -0.05) is 51.9 Å². The third-order valence-electron chi connectivity index (χ3n) is 4.37. The van der Waals surface area contributed by atoms with Crippen molar-refractivity contribution >= 4 is 0 Å². The van der Waals surface area contributed by atoms with Gasteiger partial charge in [0.2, 0.25) is 0 Å². The van der Waals surface area contributed by atoms with Gasteiger partial charge < -0.3 is 0 Å². The molecule has 132 valence electrons. The van der Waals surface area contributed by atoms with E-state index >= 15 is 0 Å². The summed E-state index contributed by atoms with van der Waals surface area (Å²) in [4.78, 5) is 8.67. The lowest BCUT2D eigenvalue weighted by Crippen LogP contribution is -1.94. The Morgan fingerprint density at radius 1 is 0.960 bits per heavy atom. The van der Waals surface area contributed by atoms with E-state index in [0.717, 1.165) is 18.4 Å². The Morgan fingerprint density at radius 2 is 1.60 bits per heavy atom. The van der Waals surface area contributed by atoms with Crippen LogP contribution in [0.15, 0.2) is 30.6 Å². The fourth-order valence-electron chi connectivity index (χ4n) is 2.84. The zero-order valence-corrected chi connectivity index (χ0v) is 15.0. The van der Waals surface area contributed by atoms with Crippen molar-refractivity contribution < 1.29 is 4.39 Å². The van der Waals surface area contributed by atoms with Crippen molar-refractivity contribution in [3.63, 3.8) is 0 Å². The van der Waals surface area contributed by atoms with Gasteiger partial charge in [-0.25, -0.2) is 14.4 Å². The Morgan fingerprint density at radius 3 is 2.20 bits per heavy atom. The van der Waals surface area contributed by atoms with Crippen molar-refractivity contribution in [2.24, 2.45) is 0 Å². The van der Waals surface area contributed by atoms with Gasteiger partial charge in [0.05, 0.1) is 5.56 Å². The summed E-state index contributed by atoms with van der Waals surface area (Å²) >= 11 is 0. The van der Waals surface area contributed by atoms with E-state index < -0.39 is 5.82 Å². The topological polar surface area (TPSA) is 49.6 Å². The molecule has 0 aliphatic rings. The van der Waals surface area contributed by atoms with Gasteiger partial charge in [0.1, 0.15) is 11.9 Å². The van der Waals surface area contributed by atoms with E-state index in [0.29, 0.717) is 11.4 Å². The second-order valence-corrected chi connectivity index (χ2v) is 6.45. The maximum absolute atomic E-state index is 13.7. The van der Waals surface area contributed by atoms with Crippen LogP contribution in [0.1, 0.15) is 69.4 Å². The molecule has 0 saturated heterocycles. The van der Waals surface area contributed by atoms with Gasteiger partial charge in [-0.3, -0.25) is 0 Å². The summed E-state index contributed by atoms with van der Waals surface area (Å²) in [6.07, 6.45) is 15.0. The van der Waals surface area contributed by atoms with Crippen LogP contribution in [-0.2, 0) is 6.42 Å². The third-order valence-corrected chi connectivity index (χ3v) is 4.37. The third kappa shape index (κ3) is 6.26. The highest BCUT2D eigenvalue weighted by Crippen LogP contribution is 2.18. The van der Waals surface area contributed by atoms with Gasteiger partial charge in [-0.15, -0.1) is 0 Å². The van der Waals surface area contributed by atoms with Gasteiger partial charge in [-0.2, -0.15) is 5.26 Å². The highest BCUT2D eigenvalue weighted by atomic mass is 19.1. The first-order valence-electron chi connectivity index (χ1n) is 9.25. The summed E-state index contributed by atoms with van der Waals surface area (Å²) in [5.41, 5.74) is 1.74. The lowest BCUT2D eigenvalue weighted by atomic mass is 10.1. The molecule has 0 atom stereocenters. The number of halogens is 1. The first-order chi connectivity index (χ1) is 12.2. The summed E-state index contributed by atoms with van der Waals surface area (Å²) in [6.45, 7) is 2.24. The molecule has 0 unspecified atom stereocenters. The number of hydrogen-bond acceptors (Lipinski definition) is 3. The molecular formula is C21H26FN3. The minimum absolute atomic E-state index is 0.0371. The fraction of sp³-hybridized carbons (Fsp3) is 0.476. The number of nitriles is 1. The Kier molecular flexibility index (Phi) is 8.04. The average molecular weight is 339 g/mol. The number of rotatable bonds is 10. The molecule has 1 heterocycles. The molecule has 2 aromatic rings. The van der Waals surface area contributed by atoms with Crippen molar-refractivity contribution in [1.82, 2.24) is 9.97 Å². The fourth-order valence-corrected chi connectivity index (χ4v) is 2.84. The van der Waals surface area contributed by atoms with E-state index in [1.54, 1.807) is 6.07 Å². The molecule has 0 N–H and O–H groups in total. The van der Waals surface area contributed by atoms with E-state index in [1.807, 2.05) is 18.5 Å². The zero-order chi connectivity index (χ0) is 17.9. The first kappa shape index (κ1) is 19.1. The van der Waals surface area contributed by atoms with Crippen LogP contribution in [0, 0.1) is 17.1 Å². The molecular weight excluding hydrogens is 313 g/mol. The summed E-state index contributed by atoms with van der Waals surface area (Å²) < 4.78 is 13.7. The number of aromatic nitrogens is 2. The molecule has 0 radical (unpaired) electrons. The van der Waals surface area contributed by atoms with Crippen LogP contribution in [0.5, 0.6) is 0 Å². The largest absolute Gasteiger partial charge is 0.236 e. The molecule has 0 aliphatic heterocycles. The highest BCUT2D eigenvalue weighted by Gasteiger charge is 2.07. The lowest BCUT2D eigenvalue weighted by molar-refractivity contribution is 0.575. The monoisotopic (exact) mass is 339 g/mol. The van der Waals surface area contributed by atoms with Crippen LogP contribution in [-0.4, -0.2) is 9.97 Å². The Labute approximate surface area is 150 Å². The molecule has 4 heteroatoms. The number of hydrogen-bond donors (Lipinski definition) is 0. The molecule has 2 rings (SSSR count). The minimum Gasteiger partial charge on any atom is -0.236 e. The summed E-state index contributed by atoms with van der Waals surface area (Å²) in [5.74, 6) is -0.0466. The molecule has 0 fully saturated rings. The van der Waals surface area contributed by atoms with Gasteiger partial charge >= 0.3 is 0 Å². The van der Waals surface area contributed by atoms with Crippen LogP contribution in [0.3, 0.4) is 0 Å². The van der Waals surface area contributed by atoms with Crippen LogP contribution < -0.4 is 0 Å². The molecule has 3 nitrogen and oxygen atoms in total. The Balaban J connectivity index is 1.76. The van der Waals surface area contributed by atoms with Gasteiger partial charge in [0.25, 0.3) is 0 Å². The van der Waals surface area contributed by atoms with Crippen molar-refractivity contribution in [2.75, 3.05) is 0 Å². The van der Waals surface area contributed by atoms with Crippen LogP contribution in [0.25, 0.3) is 11.4 Å². The second-order valence-electron chi connectivity index (χ2n) is 6.45. The van der Waals surface area contributed by atoms with Crippen LogP contribution in [0.2, 0.25) is 0 Å². The highest BCUT2D eigenvalue weighted by molar-refractivity contribution is 5.56. The second kappa shape index (κ2) is 10.6. The van der Waals surface area contributed by atoms with E-state index in [1.165, 1.54) is 57.1 Å². The van der Waals surface area contributed by atoms with Gasteiger partial charge in [0, 0.05) is 18.0 Å². The van der Waals surface area contributed by atoms with Gasteiger partial charge in [0.15, 0.2) is 5.82 Å². The maximum Gasteiger partial charge on any atom is 0.159 e. The Hall–Kier alpha value is -2.28. The smallest absolute Gasteiger partial charge is 0.159 e. The van der Waals surface area contributed by atoms with Crippen LogP contribution in [0.4, 0.5) is 4.39 Å². The quantitative estimate of drug-likeness (QED) is 0.511. The molecule has 0 bridgehead atoms. The molecule has 0 amide bonds. The molecule has 1 aromatic carbocycles. The average Bonchev–Trinajstić information content (AvgIpc) is 2.64. The van der Waals surface area contributed by atoms with E-state index in [2.05, 4.69) is 16.9 Å². The molecule has 1 aromatic heterocycles. The van der Waals surface area contributed by atoms with Gasteiger partial charge in [-0.05, 0) is 36.6 Å². The predicted octanol–water partition coefficient (Wildman–Crippen LogP) is 5.84. The zero-order valence-electron chi connectivity index (χ0n) is 15.0. The summed E-state index contributed by atoms with van der Waals surface area (Å²) in [5, 5.41) is 8.77. The first-order valence-corrected chi connectivity index (χ1v) is 9.25. The van der Waals surface area contributed by atoms with Crippen molar-refractivity contribution in [3.05, 3.63) is 47.5 Å². The standard InChI is InChI=1S/C21H26FN3/c1-2-3-4-5-6-7-8-9-10-17-15-24-21(25-16-17)18-11-12-19(14-23)20(22)13-18/h11-13,15-16H,2-10H2,1H3. The number of benzene rings is 1. The maximum atomic E-state index is 13.7. The number of nitrogens with zero attached hydrogens (tertiary/aromatic N) is 3. The number of unbranched alkanes of at least 4 members (excludes halogenated alkanes) is 7. The minimum atomic E-state index is -0.536. The number of aryl methyl sites for hydroxylation is 1. The summed E-state index contributed by atoms with van der Waals surface area (Å²) in [7, 11) is 0. The normalized spacial score (nSPS) is 10.6. The lowest BCUT2D eigenvalue weighted by Gasteiger charge is -2.04. The van der Waals surface area contributed by atoms with E-state index in [-0.39, 0.29) is 5.56 Å². The van der Waals surface area contributed by atoms with E-state index in [4.69, 9.17) is 5.26 Å². The van der Waals surface area contributed by atoms with E-state index in [9.17, 15) is 4.39 Å². The van der Waals surface area contributed by atoms with Crippen molar-refractivity contribution in [1.29, 1.82) is 5.26 Å². The van der Waals surface area contributed by atoms with Crippen molar-refractivity contribution in [2.45, 2.75) is 64.7 Å². The molecule has 25 heavy (non-hydrogen) atoms.